The zero-order chi connectivity index (χ0) is 29.6. The first-order valence-corrected chi connectivity index (χ1v) is 18.0. The SMILES string of the molecule is C=CCOc1c(C)cc(C)cc1[Si](C)(C)C1c2cc(-c3ccc(C)cc3)ccc2-c2ccc(-c3ccc(C)cc3)cc21. The number of fused-ring (bicyclic) bond motifs is 3. The lowest BCUT2D eigenvalue weighted by Crippen LogP contribution is -2.48. The fraction of sp³-hybridized carbons (Fsp3) is 0.200. The Kier molecular flexibility index (Phi) is 7.28. The minimum atomic E-state index is -2.23. The molecular formula is C40H40OSi. The zero-order valence-corrected chi connectivity index (χ0v) is 26.7. The Morgan fingerprint density at radius 2 is 1.10 bits per heavy atom. The van der Waals surface area contributed by atoms with Crippen molar-refractivity contribution in [1.29, 1.82) is 0 Å². The van der Waals surface area contributed by atoms with Gasteiger partial charge in [-0.1, -0.05) is 140 Å². The molecule has 0 aromatic heterocycles. The lowest BCUT2D eigenvalue weighted by molar-refractivity contribution is 0.363. The van der Waals surface area contributed by atoms with Gasteiger partial charge < -0.3 is 4.74 Å². The molecule has 1 aliphatic rings. The summed E-state index contributed by atoms with van der Waals surface area (Å²) in [5, 5.41) is 1.38. The maximum atomic E-state index is 6.42. The van der Waals surface area contributed by atoms with Gasteiger partial charge in [0.15, 0.2) is 0 Å². The van der Waals surface area contributed by atoms with Crippen LogP contribution in [0.4, 0.5) is 0 Å². The van der Waals surface area contributed by atoms with Crippen LogP contribution in [0.3, 0.4) is 0 Å². The summed E-state index contributed by atoms with van der Waals surface area (Å²) in [6, 6.07) is 36.7. The van der Waals surface area contributed by atoms with Gasteiger partial charge in [-0.25, -0.2) is 0 Å². The van der Waals surface area contributed by atoms with E-state index in [1.165, 1.54) is 71.9 Å². The summed E-state index contributed by atoms with van der Waals surface area (Å²) in [7, 11) is -2.23. The van der Waals surface area contributed by atoms with Gasteiger partial charge in [0.1, 0.15) is 12.4 Å². The Labute approximate surface area is 252 Å². The van der Waals surface area contributed by atoms with E-state index in [0.29, 0.717) is 6.61 Å². The van der Waals surface area contributed by atoms with Gasteiger partial charge in [0, 0.05) is 5.54 Å². The summed E-state index contributed by atoms with van der Waals surface area (Å²) in [6.45, 7) is 18.2. The highest BCUT2D eigenvalue weighted by atomic mass is 28.3. The number of hydrogen-bond acceptors (Lipinski definition) is 1. The number of aryl methyl sites for hydroxylation is 4. The molecule has 0 amide bonds. The van der Waals surface area contributed by atoms with Crippen LogP contribution in [-0.4, -0.2) is 14.7 Å². The van der Waals surface area contributed by atoms with Gasteiger partial charge in [-0.3, -0.25) is 0 Å². The summed E-state index contributed by atoms with van der Waals surface area (Å²) in [5.74, 6) is 1.04. The first kappa shape index (κ1) is 28.0. The largest absolute Gasteiger partial charge is 0.489 e. The van der Waals surface area contributed by atoms with Gasteiger partial charge in [-0.15, -0.1) is 0 Å². The maximum Gasteiger partial charge on any atom is 0.121 e. The second-order valence-corrected chi connectivity index (χ2v) is 17.1. The van der Waals surface area contributed by atoms with Crippen molar-refractivity contribution in [2.24, 2.45) is 0 Å². The van der Waals surface area contributed by atoms with Crippen LogP contribution in [-0.2, 0) is 0 Å². The third kappa shape index (κ3) is 4.95. The molecule has 6 rings (SSSR count). The van der Waals surface area contributed by atoms with Crippen molar-refractivity contribution in [3.8, 4) is 39.1 Å². The molecule has 1 nitrogen and oxygen atoms in total. The van der Waals surface area contributed by atoms with Crippen LogP contribution in [0.15, 0.2) is 110 Å². The molecule has 5 aromatic carbocycles. The van der Waals surface area contributed by atoms with Crippen LogP contribution in [0.2, 0.25) is 13.1 Å². The molecule has 0 aliphatic heterocycles. The van der Waals surface area contributed by atoms with E-state index >= 15 is 0 Å². The smallest absolute Gasteiger partial charge is 0.121 e. The van der Waals surface area contributed by atoms with Gasteiger partial charge in [0.25, 0.3) is 0 Å². The molecule has 1 aliphatic carbocycles. The second kappa shape index (κ2) is 10.9. The molecule has 0 heterocycles. The van der Waals surface area contributed by atoms with E-state index in [-0.39, 0.29) is 5.54 Å². The van der Waals surface area contributed by atoms with E-state index in [1.807, 2.05) is 6.08 Å². The summed E-state index contributed by atoms with van der Waals surface area (Å²) in [5.41, 5.74) is 16.0. The minimum absolute atomic E-state index is 0.283. The topological polar surface area (TPSA) is 9.23 Å². The molecule has 0 unspecified atom stereocenters. The van der Waals surface area contributed by atoms with Crippen LogP contribution in [0.25, 0.3) is 33.4 Å². The Hall–Kier alpha value is -4.14. The zero-order valence-electron chi connectivity index (χ0n) is 25.7. The Bertz CT molecular complexity index is 1700. The standard InChI is InChI=1S/C40H40OSi/c1-8-21-41-39-29(5)22-28(4)23-38(39)42(6,7)40-36-24-32(30-13-9-26(2)10-14-30)17-19-34(36)35-20-18-33(25-37(35)40)31-15-11-27(3)12-16-31/h8-20,22-25,40H,1,21H2,2-7H3. The number of benzene rings is 5. The van der Waals surface area contributed by atoms with E-state index in [1.54, 1.807) is 0 Å². The molecule has 5 aromatic rings. The predicted octanol–water partition coefficient (Wildman–Crippen LogP) is 10.1. The first-order chi connectivity index (χ1) is 20.2. The average molecular weight is 565 g/mol. The molecule has 0 radical (unpaired) electrons. The Morgan fingerprint density at radius 3 is 1.57 bits per heavy atom. The van der Waals surface area contributed by atoms with Crippen molar-refractivity contribution >= 4 is 13.3 Å². The summed E-state index contributed by atoms with van der Waals surface area (Å²) >= 11 is 0. The van der Waals surface area contributed by atoms with Gasteiger partial charge in [-0.05, 0) is 83.0 Å². The van der Waals surface area contributed by atoms with E-state index in [0.717, 1.165) is 5.75 Å². The molecule has 210 valence electrons. The Morgan fingerprint density at radius 1 is 0.619 bits per heavy atom. The quantitative estimate of drug-likeness (QED) is 0.141. The summed E-state index contributed by atoms with van der Waals surface area (Å²) in [6.07, 6.45) is 1.85. The number of rotatable bonds is 7. The number of hydrogen-bond donors (Lipinski definition) is 0. The fourth-order valence-electron chi connectivity index (χ4n) is 6.81. The minimum Gasteiger partial charge on any atom is -0.489 e. The molecule has 0 N–H and O–H groups in total. The van der Waals surface area contributed by atoms with Crippen LogP contribution in [0.5, 0.6) is 5.75 Å². The third-order valence-corrected chi connectivity index (χ3v) is 12.8. The van der Waals surface area contributed by atoms with Crippen molar-refractivity contribution < 1.29 is 4.74 Å². The monoisotopic (exact) mass is 564 g/mol. The highest BCUT2D eigenvalue weighted by molar-refractivity contribution is 6.92. The van der Waals surface area contributed by atoms with Crippen molar-refractivity contribution in [1.82, 2.24) is 0 Å². The lowest BCUT2D eigenvalue weighted by Gasteiger charge is -2.34. The van der Waals surface area contributed by atoms with Gasteiger partial charge in [0.05, 0.1) is 8.07 Å². The predicted molar refractivity (Wildman–Crippen MR) is 183 cm³/mol. The molecule has 0 saturated heterocycles. The van der Waals surface area contributed by atoms with Crippen molar-refractivity contribution in [2.45, 2.75) is 46.3 Å². The number of ether oxygens (including phenoxy) is 1. The first-order valence-electron chi connectivity index (χ1n) is 14.9. The van der Waals surface area contributed by atoms with E-state index < -0.39 is 8.07 Å². The lowest BCUT2D eigenvalue weighted by atomic mass is 9.97. The molecular weight excluding hydrogens is 525 g/mol. The van der Waals surface area contributed by atoms with Crippen LogP contribution in [0.1, 0.15) is 38.9 Å². The second-order valence-electron chi connectivity index (χ2n) is 12.5. The highest BCUT2D eigenvalue weighted by Crippen LogP contribution is 2.51. The maximum absolute atomic E-state index is 6.42. The van der Waals surface area contributed by atoms with Crippen molar-refractivity contribution in [2.75, 3.05) is 6.61 Å². The molecule has 0 saturated carbocycles. The highest BCUT2D eigenvalue weighted by Gasteiger charge is 2.44. The van der Waals surface area contributed by atoms with E-state index in [2.05, 4.69) is 144 Å². The van der Waals surface area contributed by atoms with Crippen molar-refractivity contribution in [3.63, 3.8) is 0 Å². The van der Waals surface area contributed by atoms with Gasteiger partial charge in [0.2, 0.25) is 0 Å². The van der Waals surface area contributed by atoms with Crippen LogP contribution in [0, 0.1) is 27.7 Å². The summed E-state index contributed by atoms with van der Waals surface area (Å²) < 4.78 is 6.42. The van der Waals surface area contributed by atoms with Gasteiger partial charge >= 0.3 is 0 Å². The van der Waals surface area contributed by atoms with Gasteiger partial charge in [-0.2, -0.15) is 0 Å². The fourth-order valence-corrected chi connectivity index (χ4v) is 10.6. The molecule has 2 heteroatoms. The molecule has 0 fully saturated rings. The summed E-state index contributed by atoms with van der Waals surface area (Å²) in [4.78, 5) is 0. The van der Waals surface area contributed by atoms with Crippen LogP contribution >= 0.6 is 0 Å². The Balaban J connectivity index is 1.58. The molecule has 0 atom stereocenters. The molecule has 0 spiro atoms. The van der Waals surface area contributed by atoms with Crippen molar-refractivity contribution in [3.05, 3.63) is 143 Å². The molecule has 0 bridgehead atoms. The van der Waals surface area contributed by atoms with E-state index in [4.69, 9.17) is 4.74 Å². The third-order valence-electron chi connectivity index (χ3n) is 8.97. The normalized spacial score (nSPS) is 12.6. The van der Waals surface area contributed by atoms with Crippen LogP contribution < -0.4 is 9.92 Å². The van der Waals surface area contributed by atoms with E-state index in [9.17, 15) is 0 Å². The molecule has 42 heavy (non-hydrogen) atoms. The average Bonchev–Trinajstić information content (AvgIpc) is 3.31.